The molecule has 0 fully saturated rings. The lowest BCUT2D eigenvalue weighted by molar-refractivity contribution is 0.0945. The molecule has 2 rings (SSSR count). The van der Waals surface area contributed by atoms with Gasteiger partial charge in [-0.3, -0.25) is 4.79 Å². The van der Waals surface area contributed by atoms with Crippen LogP contribution in [0.1, 0.15) is 21.7 Å². The molecule has 1 heterocycles. The standard InChI is InChI=1S/C15H17N3O3S/c1-11-5-3-8-14(18-11)15(19)17-10-12-6-4-7-13(9-12)22(20,21)16-2/h3-9,16H,10H2,1-2H3,(H,17,19). The Balaban J connectivity index is 2.09. The predicted octanol–water partition coefficient (Wildman–Crippen LogP) is 1.23. The zero-order valence-corrected chi connectivity index (χ0v) is 13.1. The molecule has 0 radical (unpaired) electrons. The van der Waals surface area contributed by atoms with Gasteiger partial charge in [0.25, 0.3) is 5.91 Å². The van der Waals surface area contributed by atoms with Crippen LogP contribution in [0.15, 0.2) is 47.4 Å². The molecule has 2 N–H and O–H groups in total. The molecule has 0 aliphatic heterocycles. The zero-order valence-electron chi connectivity index (χ0n) is 12.3. The summed E-state index contributed by atoms with van der Waals surface area (Å²) in [5.41, 5.74) is 1.78. The molecule has 0 atom stereocenters. The number of nitrogens with one attached hydrogen (secondary N) is 2. The van der Waals surface area contributed by atoms with E-state index in [1.165, 1.54) is 19.2 Å². The van der Waals surface area contributed by atoms with Gasteiger partial charge in [-0.25, -0.2) is 18.1 Å². The van der Waals surface area contributed by atoms with Gasteiger partial charge in [-0.2, -0.15) is 0 Å². The summed E-state index contributed by atoms with van der Waals surface area (Å²) in [6, 6.07) is 11.6. The summed E-state index contributed by atoms with van der Waals surface area (Å²) < 4.78 is 25.7. The van der Waals surface area contributed by atoms with E-state index < -0.39 is 10.0 Å². The molecule has 0 bridgehead atoms. The highest BCUT2D eigenvalue weighted by Crippen LogP contribution is 2.11. The quantitative estimate of drug-likeness (QED) is 0.867. The van der Waals surface area contributed by atoms with Crippen LogP contribution in [0.4, 0.5) is 0 Å². The Kier molecular flexibility index (Phi) is 4.89. The van der Waals surface area contributed by atoms with Gasteiger partial charge in [0.1, 0.15) is 5.69 Å². The first kappa shape index (κ1) is 16.1. The normalized spacial score (nSPS) is 11.2. The third kappa shape index (κ3) is 3.90. The maximum absolute atomic E-state index is 12.0. The molecule has 0 spiro atoms. The number of hydrogen-bond acceptors (Lipinski definition) is 4. The number of aromatic nitrogens is 1. The van der Waals surface area contributed by atoms with Crippen LogP contribution in [0.25, 0.3) is 0 Å². The van der Waals surface area contributed by atoms with Gasteiger partial charge in [-0.05, 0) is 43.8 Å². The fourth-order valence-electron chi connectivity index (χ4n) is 1.88. The van der Waals surface area contributed by atoms with Crippen molar-refractivity contribution in [3.05, 3.63) is 59.4 Å². The maximum Gasteiger partial charge on any atom is 0.270 e. The maximum atomic E-state index is 12.0. The number of hydrogen-bond donors (Lipinski definition) is 2. The number of sulfonamides is 1. The molecule has 0 saturated heterocycles. The van der Waals surface area contributed by atoms with E-state index >= 15 is 0 Å². The van der Waals surface area contributed by atoms with Gasteiger partial charge in [0.05, 0.1) is 4.90 Å². The first-order chi connectivity index (χ1) is 10.4. The van der Waals surface area contributed by atoms with Gasteiger partial charge in [0, 0.05) is 12.2 Å². The molecule has 6 nitrogen and oxygen atoms in total. The van der Waals surface area contributed by atoms with Crippen molar-refractivity contribution in [3.8, 4) is 0 Å². The van der Waals surface area contributed by atoms with E-state index in [-0.39, 0.29) is 17.3 Å². The highest BCUT2D eigenvalue weighted by Gasteiger charge is 2.12. The molecule has 1 aromatic heterocycles. The van der Waals surface area contributed by atoms with E-state index in [1.807, 2.05) is 13.0 Å². The molecule has 2 aromatic rings. The van der Waals surface area contributed by atoms with E-state index in [1.54, 1.807) is 24.3 Å². The summed E-state index contributed by atoms with van der Waals surface area (Å²) in [6.45, 7) is 2.03. The molecule has 0 aliphatic carbocycles. The van der Waals surface area contributed by atoms with Crippen molar-refractivity contribution in [2.24, 2.45) is 0 Å². The van der Waals surface area contributed by atoms with Crippen molar-refractivity contribution in [1.29, 1.82) is 0 Å². The smallest absolute Gasteiger partial charge is 0.270 e. The average Bonchev–Trinajstić information content (AvgIpc) is 2.53. The van der Waals surface area contributed by atoms with Crippen LogP contribution in [0.2, 0.25) is 0 Å². The molecule has 0 unspecified atom stereocenters. The third-order valence-electron chi connectivity index (χ3n) is 3.05. The minimum atomic E-state index is -3.49. The van der Waals surface area contributed by atoms with Crippen molar-refractivity contribution in [3.63, 3.8) is 0 Å². The summed E-state index contributed by atoms with van der Waals surface area (Å²) in [6.07, 6.45) is 0. The predicted molar refractivity (Wildman–Crippen MR) is 82.8 cm³/mol. The van der Waals surface area contributed by atoms with Crippen molar-refractivity contribution in [2.75, 3.05) is 7.05 Å². The first-order valence-electron chi connectivity index (χ1n) is 6.67. The van der Waals surface area contributed by atoms with Crippen LogP contribution in [0.5, 0.6) is 0 Å². The zero-order chi connectivity index (χ0) is 16.2. The Hall–Kier alpha value is -2.25. The van der Waals surface area contributed by atoms with Crippen LogP contribution < -0.4 is 10.0 Å². The molecule has 7 heteroatoms. The number of rotatable bonds is 5. The van der Waals surface area contributed by atoms with Crippen molar-refractivity contribution in [1.82, 2.24) is 15.0 Å². The van der Waals surface area contributed by atoms with Crippen molar-refractivity contribution in [2.45, 2.75) is 18.4 Å². The molecular formula is C15H17N3O3S. The highest BCUT2D eigenvalue weighted by atomic mass is 32.2. The van der Waals surface area contributed by atoms with E-state index in [4.69, 9.17) is 0 Å². The van der Waals surface area contributed by atoms with E-state index in [0.29, 0.717) is 11.3 Å². The Bertz CT molecular complexity index is 788. The first-order valence-corrected chi connectivity index (χ1v) is 8.15. The Morgan fingerprint density at radius 2 is 1.91 bits per heavy atom. The van der Waals surface area contributed by atoms with Gasteiger partial charge in [0.2, 0.25) is 10.0 Å². The van der Waals surface area contributed by atoms with Gasteiger partial charge in [0.15, 0.2) is 0 Å². The molecule has 1 aromatic carbocycles. The Morgan fingerprint density at radius 1 is 1.18 bits per heavy atom. The lowest BCUT2D eigenvalue weighted by Crippen LogP contribution is -2.24. The van der Waals surface area contributed by atoms with Gasteiger partial charge in [-0.15, -0.1) is 0 Å². The van der Waals surface area contributed by atoms with Gasteiger partial charge >= 0.3 is 0 Å². The van der Waals surface area contributed by atoms with Gasteiger partial charge < -0.3 is 5.32 Å². The fourth-order valence-corrected chi connectivity index (χ4v) is 2.68. The summed E-state index contributed by atoms with van der Waals surface area (Å²) >= 11 is 0. The van der Waals surface area contributed by atoms with Crippen LogP contribution in [0.3, 0.4) is 0 Å². The molecule has 116 valence electrons. The summed E-state index contributed by atoms with van der Waals surface area (Å²) in [5.74, 6) is -0.300. The summed E-state index contributed by atoms with van der Waals surface area (Å²) in [5, 5.41) is 2.72. The van der Waals surface area contributed by atoms with Crippen molar-refractivity contribution >= 4 is 15.9 Å². The van der Waals surface area contributed by atoms with Crippen LogP contribution >= 0.6 is 0 Å². The number of amides is 1. The number of carbonyl (C=O) groups is 1. The summed E-state index contributed by atoms with van der Waals surface area (Å²) in [7, 11) is -2.14. The van der Waals surface area contributed by atoms with E-state index in [2.05, 4.69) is 15.0 Å². The number of aryl methyl sites for hydroxylation is 1. The molecule has 0 saturated carbocycles. The second kappa shape index (κ2) is 6.67. The van der Waals surface area contributed by atoms with E-state index in [9.17, 15) is 13.2 Å². The Morgan fingerprint density at radius 3 is 2.59 bits per heavy atom. The lowest BCUT2D eigenvalue weighted by Gasteiger charge is -2.07. The van der Waals surface area contributed by atoms with Crippen LogP contribution in [0, 0.1) is 6.92 Å². The van der Waals surface area contributed by atoms with Gasteiger partial charge in [-0.1, -0.05) is 18.2 Å². The monoisotopic (exact) mass is 319 g/mol. The largest absolute Gasteiger partial charge is 0.347 e. The minimum Gasteiger partial charge on any atom is -0.347 e. The second-order valence-corrected chi connectivity index (χ2v) is 6.59. The topological polar surface area (TPSA) is 88.2 Å². The average molecular weight is 319 g/mol. The van der Waals surface area contributed by atoms with Crippen LogP contribution in [-0.2, 0) is 16.6 Å². The van der Waals surface area contributed by atoms with Crippen molar-refractivity contribution < 1.29 is 13.2 Å². The number of nitrogens with zero attached hydrogens (tertiary/aromatic N) is 1. The summed E-state index contributed by atoms with van der Waals surface area (Å²) in [4.78, 5) is 16.3. The fraction of sp³-hybridized carbons (Fsp3) is 0.200. The number of pyridine rings is 1. The van der Waals surface area contributed by atoms with Crippen LogP contribution in [-0.4, -0.2) is 26.4 Å². The number of benzene rings is 1. The second-order valence-electron chi connectivity index (χ2n) is 4.70. The lowest BCUT2D eigenvalue weighted by atomic mass is 10.2. The molecule has 22 heavy (non-hydrogen) atoms. The molecule has 0 aliphatic rings. The van der Waals surface area contributed by atoms with E-state index in [0.717, 1.165) is 5.69 Å². The SMILES string of the molecule is CNS(=O)(=O)c1cccc(CNC(=O)c2cccc(C)n2)c1. The Labute approximate surface area is 129 Å². The third-order valence-corrected chi connectivity index (χ3v) is 4.46. The molecular weight excluding hydrogens is 302 g/mol. The molecule has 1 amide bonds. The number of carbonyl (C=O) groups excluding carboxylic acids is 1. The minimum absolute atomic E-state index is 0.162. The highest BCUT2D eigenvalue weighted by molar-refractivity contribution is 7.89.